The number of amides is 2. The number of rotatable bonds is 6. The van der Waals surface area contributed by atoms with E-state index in [1.807, 2.05) is 6.92 Å². The Morgan fingerprint density at radius 1 is 1.22 bits per heavy atom. The number of benzene rings is 2. The molecule has 2 N–H and O–H groups in total. The molecule has 27 heavy (non-hydrogen) atoms. The Hall–Kier alpha value is -3.29. The van der Waals surface area contributed by atoms with Gasteiger partial charge in [-0.1, -0.05) is 18.2 Å². The van der Waals surface area contributed by atoms with Crippen LogP contribution >= 0.6 is 0 Å². The van der Waals surface area contributed by atoms with Crippen LogP contribution in [0.1, 0.15) is 30.6 Å². The van der Waals surface area contributed by atoms with Crippen LogP contribution in [-0.4, -0.2) is 32.9 Å². The van der Waals surface area contributed by atoms with Crippen molar-refractivity contribution in [2.45, 2.75) is 32.9 Å². The van der Waals surface area contributed by atoms with Crippen LogP contribution in [0.3, 0.4) is 0 Å². The third-order valence-corrected chi connectivity index (χ3v) is 4.04. The molecular formula is C19H20FN5O2. The number of fused-ring (bicyclic) bond motifs is 1. The first kappa shape index (κ1) is 18.5. The van der Waals surface area contributed by atoms with Crippen LogP contribution < -0.4 is 10.6 Å². The third-order valence-electron chi connectivity index (χ3n) is 4.04. The molecule has 0 saturated carbocycles. The van der Waals surface area contributed by atoms with Crippen LogP contribution in [0.15, 0.2) is 42.5 Å². The molecule has 1 heterocycles. The van der Waals surface area contributed by atoms with E-state index in [9.17, 15) is 14.0 Å². The normalized spacial score (nSPS) is 12.0. The first-order valence-corrected chi connectivity index (χ1v) is 8.68. The predicted octanol–water partition coefficient (Wildman–Crippen LogP) is 2.74. The van der Waals surface area contributed by atoms with Crippen LogP contribution in [0.2, 0.25) is 0 Å². The lowest BCUT2D eigenvalue weighted by molar-refractivity contribution is -0.117. The number of halogens is 1. The first-order chi connectivity index (χ1) is 13.0. The molecular weight excluding hydrogens is 349 g/mol. The van der Waals surface area contributed by atoms with Gasteiger partial charge in [-0.3, -0.25) is 9.59 Å². The van der Waals surface area contributed by atoms with Crippen molar-refractivity contribution in [2.75, 3.05) is 5.32 Å². The van der Waals surface area contributed by atoms with E-state index in [0.717, 1.165) is 18.5 Å². The fourth-order valence-corrected chi connectivity index (χ4v) is 2.65. The summed E-state index contributed by atoms with van der Waals surface area (Å²) in [5, 5.41) is 13.3. The van der Waals surface area contributed by atoms with Gasteiger partial charge in [0, 0.05) is 17.8 Å². The van der Waals surface area contributed by atoms with Crippen LogP contribution in [0.25, 0.3) is 11.0 Å². The Bertz CT molecular complexity index is 985. The molecule has 1 aromatic heterocycles. The molecule has 3 rings (SSSR count). The lowest BCUT2D eigenvalue weighted by Gasteiger charge is -2.14. The number of carbonyl (C=O) groups is 2. The average molecular weight is 369 g/mol. The summed E-state index contributed by atoms with van der Waals surface area (Å²) in [4.78, 5) is 24.6. The summed E-state index contributed by atoms with van der Waals surface area (Å²) in [7, 11) is 0. The van der Waals surface area contributed by atoms with Gasteiger partial charge in [0.05, 0.1) is 5.52 Å². The van der Waals surface area contributed by atoms with E-state index in [1.165, 1.54) is 18.2 Å². The van der Waals surface area contributed by atoms with Crippen molar-refractivity contribution in [3.05, 3.63) is 53.8 Å². The fourth-order valence-electron chi connectivity index (χ4n) is 2.65. The van der Waals surface area contributed by atoms with E-state index >= 15 is 0 Å². The summed E-state index contributed by atoms with van der Waals surface area (Å²) in [6.07, 6.45) is 0.929. The summed E-state index contributed by atoms with van der Waals surface area (Å²) in [5.41, 5.74) is 2.18. The van der Waals surface area contributed by atoms with Crippen LogP contribution in [-0.2, 0) is 11.3 Å². The zero-order chi connectivity index (χ0) is 19.4. The molecule has 140 valence electrons. The molecule has 0 aliphatic carbocycles. The van der Waals surface area contributed by atoms with Crippen molar-refractivity contribution >= 4 is 28.5 Å². The molecule has 0 spiro atoms. The molecule has 2 aromatic carbocycles. The van der Waals surface area contributed by atoms with Crippen molar-refractivity contribution in [1.29, 1.82) is 0 Å². The van der Waals surface area contributed by atoms with Gasteiger partial charge < -0.3 is 10.6 Å². The van der Waals surface area contributed by atoms with Crippen LogP contribution in [0, 0.1) is 5.82 Å². The van der Waals surface area contributed by atoms with Gasteiger partial charge in [-0.15, -0.1) is 5.10 Å². The molecule has 0 radical (unpaired) electrons. The maximum atomic E-state index is 13.2. The van der Waals surface area contributed by atoms with E-state index < -0.39 is 23.7 Å². The van der Waals surface area contributed by atoms with E-state index in [4.69, 9.17) is 0 Å². The molecule has 3 aromatic rings. The Kier molecular flexibility index (Phi) is 5.44. The number of nitrogens with zero attached hydrogens (tertiary/aromatic N) is 3. The zero-order valence-corrected chi connectivity index (χ0v) is 15.1. The summed E-state index contributed by atoms with van der Waals surface area (Å²) in [6, 6.07) is 9.86. The van der Waals surface area contributed by atoms with E-state index in [-0.39, 0.29) is 0 Å². The Morgan fingerprint density at radius 3 is 2.78 bits per heavy atom. The molecule has 7 nitrogen and oxygen atoms in total. The number of nitrogens with one attached hydrogen (secondary N) is 2. The third kappa shape index (κ3) is 4.28. The minimum Gasteiger partial charge on any atom is -0.341 e. The SMILES string of the molecule is CCCn1nnc2cc(C(=O)N[C@@H](C)C(=O)Nc3cccc(F)c3)ccc21. The lowest BCUT2D eigenvalue weighted by Crippen LogP contribution is -2.41. The summed E-state index contributed by atoms with van der Waals surface area (Å²) in [6.45, 7) is 4.35. The monoisotopic (exact) mass is 369 g/mol. The highest BCUT2D eigenvalue weighted by Crippen LogP contribution is 2.14. The average Bonchev–Trinajstić information content (AvgIpc) is 3.04. The molecule has 0 saturated heterocycles. The highest BCUT2D eigenvalue weighted by molar-refractivity contribution is 6.02. The molecule has 8 heteroatoms. The molecule has 2 amide bonds. The maximum Gasteiger partial charge on any atom is 0.251 e. The van der Waals surface area contributed by atoms with Gasteiger partial charge in [0.25, 0.3) is 5.91 Å². The fraction of sp³-hybridized carbons (Fsp3) is 0.263. The second-order valence-corrected chi connectivity index (χ2v) is 6.21. The number of aryl methyl sites for hydroxylation is 1. The maximum absolute atomic E-state index is 13.2. The van der Waals surface area contributed by atoms with Crippen molar-refractivity contribution in [3.8, 4) is 0 Å². The molecule has 0 aliphatic rings. The highest BCUT2D eigenvalue weighted by Gasteiger charge is 2.18. The quantitative estimate of drug-likeness (QED) is 0.699. The predicted molar refractivity (Wildman–Crippen MR) is 99.8 cm³/mol. The number of hydrogen-bond acceptors (Lipinski definition) is 4. The minimum atomic E-state index is -0.799. The number of anilines is 1. The molecule has 0 bridgehead atoms. The van der Waals surface area contributed by atoms with E-state index in [1.54, 1.807) is 35.9 Å². The summed E-state index contributed by atoms with van der Waals surface area (Å²) < 4.78 is 15.0. The molecule has 1 atom stereocenters. The topological polar surface area (TPSA) is 88.9 Å². The largest absolute Gasteiger partial charge is 0.341 e. The Labute approximate surface area is 155 Å². The Balaban J connectivity index is 1.67. The van der Waals surface area contributed by atoms with Crippen molar-refractivity contribution in [3.63, 3.8) is 0 Å². The molecule has 0 unspecified atom stereocenters. The smallest absolute Gasteiger partial charge is 0.251 e. The van der Waals surface area contributed by atoms with Gasteiger partial charge in [-0.05, 0) is 49.7 Å². The lowest BCUT2D eigenvalue weighted by atomic mass is 10.1. The van der Waals surface area contributed by atoms with E-state index in [2.05, 4.69) is 20.9 Å². The van der Waals surface area contributed by atoms with E-state index in [0.29, 0.717) is 16.8 Å². The van der Waals surface area contributed by atoms with Gasteiger partial charge in [-0.25, -0.2) is 9.07 Å². The van der Waals surface area contributed by atoms with Gasteiger partial charge in [0.1, 0.15) is 17.4 Å². The number of hydrogen-bond donors (Lipinski definition) is 2. The molecule has 0 aliphatic heterocycles. The van der Waals surface area contributed by atoms with Crippen LogP contribution in [0.4, 0.5) is 10.1 Å². The number of aromatic nitrogens is 3. The minimum absolute atomic E-state index is 0.329. The first-order valence-electron chi connectivity index (χ1n) is 8.68. The second-order valence-electron chi connectivity index (χ2n) is 6.21. The van der Waals surface area contributed by atoms with Gasteiger partial charge in [-0.2, -0.15) is 0 Å². The van der Waals surface area contributed by atoms with Crippen molar-refractivity contribution in [1.82, 2.24) is 20.3 Å². The van der Waals surface area contributed by atoms with Gasteiger partial charge in [0.2, 0.25) is 5.91 Å². The summed E-state index contributed by atoms with van der Waals surface area (Å²) >= 11 is 0. The second kappa shape index (κ2) is 7.94. The zero-order valence-electron chi connectivity index (χ0n) is 15.1. The van der Waals surface area contributed by atoms with Gasteiger partial charge >= 0.3 is 0 Å². The summed E-state index contributed by atoms with van der Waals surface area (Å²) in [5.74, 6) is -1.29. The van der Waals surface area contributed by atoms with Crippen molar-refractivity contribution < 1.29 is 14.0 Å². The Morgan fingerprint density at radius 2 is 2.04 bits per heavy atom. The van der Waals surface area contributed by atoms with Gasteiger partial charge in [0.15, 0.2) is 0 Å². The standard InChI is InChI=1S/C19H20FN5O2/c1-3-9-25-17-8-7-13(10-16(17)23-24-25)19(27)21-12(2)18(26)22-15-6-4-5-14(20)11-15/h4-8,10-12H,3,9H2,1-2H3,(H,21,27)(H,22,26)/t12-/m0/s1. The number of carbonyl (C=O) groups excluding carboxylic acids is 2. The highest BCUT2D eigenvalue weighted by atomic mass is 19.1. The van der Waals surface area contributed by atoms with Crippen molar-refractivity contribution in [2.24, 2.45) is 0 Å². The van der Waals surface area contributed by atoms with Crippen LogP contribution in [0.5, 0.6) is 0 Å². The molecule has 0 fully saturated rings.